The van der Waals surface area contributed by atoms with E-state index in [1.807, 2.05) is 0 Å². The van der Waals surface area contributed by atoms with Crippen molar-refractivity contribution in [2.45, 2.75) is 46.5 Å². The van der Waals surface area contributed by atoms with Gasteiger partial charge in [-0.3, -0.25) is 0 Å². The summed E-state index contributed by atoms with van der Waals surface area (Å²) < 4.78 is 0. The zero-order valence-corrected chi connectivity index (χ0v) is 11.9. The molecule has 0 spiro atoms. The summed E-state index contributed by atoms with van der Waals surface area (Å²) in [6.07, 6.45) is 3.10. The largest absolute Gasteiger partial charge is 1.00 e. The van der Waals surface area contributed by atoms with Crippen LogP contribution in [0.3, 0.4) is 0 Å². The van der Waals surface area contributed by atoms with Crippen molar-refractivity contribution in [2.24, 2.45) is 5.92 Å². The number of rotatable bonds is 5. The van der Waals surface area contributed by atoms with E-state index >= 15 is 0 Å². The second-order valence-electron chi connectivity index (χ2n) is 3.33. The van der Waals surface area contributed by atoms with Gasteiger partial charge in [-0.25, -0.2) is 0 Å². The Labute approximate surface area is 109 Å². The molecule has 0 aromatic rings. The Morgan fingerprint density at radius 1 is 1.36 bits per heavy atom. The summed E-state index contributed by atoms with van der Waals surface area (Å²) in [5, 5.41) is 17.5. The van der Waals surface area contributed by atoms with Crippen molar-refractivity contribution in [3.8, 4) is 0 Å². The molecule has 14 heavy (non-hydrogen) atoms. The van der Waals surface area contributed by atoms with Crippen molar-refractivity contribution in [3.63, 3.8) is 0 Å². The van der Waals surface area contributed by atoms with Crippen LogP contribution in [0.1, 0.15) is 46.5 Å². The Morgan fingerprint density at radius 3 is 2.07 bits per heavy atom. The first kappa shape index (κ1) is 19.9. The molecule has 0 aromatic heterocycles. The molecule has 0 fully saturated rings. The summed E-state index contributed by atoms with van der Waals surface area (Å²) in [4.78, 5) is 9.93. The number of hydrogen-bond donors (Lipinski definition) is 1. The molecule has 0 saturated carbocycles. The Bertz CT molecular complexity index is 116. The Balaban J connectivity index is -0.000000267. The molecule has 4 heteroatoms. The van der Waals surface area contributed by atoms with Gasteiger partial charge in [0.1, 0.15) is 0 Å². The summed E-state index contributed by atoms with van der Waals surface area (Å²) in [5.74, 6) is -0.245. The first-order chi connectivity index (χ1) is 6.04. The third-order valence-corrected chi connectivity index (χ3v) is 1.41. The summed E-state index contributed by atoms with van der Waals surface area (Å²) >= 11 is 0. The smallest absolute Gasteiger partial charge is 0.550 e. The maximum Gasteiger partial charge on any atom is 1.00 e. The van der Waals surface area contributed by atoms with E-state index in [-0.39, 0.29) is 42.6 Å². The van der Waals surface area contributed by atoms with Crippen molar-refractivity contribution in [1.82, 2.24) is 0 Å². The molecule has 0 aliphatic rings. The van der Waals surface area contributed by atoms with Crippen molar-refractivity contribution < 1.29 is 44.6 Å². The molecule has 0 aliphatic carbocycles. The maximum atomic E-state index is 9.93. The minimum atomic E-state index is -0.927. The number of carboxylic acids is 1. The number of unbranched alkanes of at least 4 members (excludes halogenated alkanes) is 1. The number of aliphatic hydroxyl groups is 1. The fourth-order valence-corrected chi connectivity index (χ4v) is 0.822. The molecular weight excluding hydrogens is 191 g/mol. The second-order valence-corrected chi connectivity index (χ2v) is 3.33. The van der Waals surface area contributed by atoms with Crippen molar-refractivity contribution in [1.29, 1.82) is 0 Å². The van der Waals surface area contributed by atoms with Gasteiger partial charge in [0, 0.05) is 12.6 Å². The standard InChI is InChI=1S/C8H16O2.C2H6O.Na/c1-7(2)5-3-4-6-8(9)10;1-2-3;/h7H,3-6H2,1-2H3,(H,9,10);3H,2H2,1H3;/q;;+1/p-1. The third-order valence-electron chi connectivity index (χ3n) is 1.41. The van der Waals surface area contributed by atoms with E-state index in [0.717, 1.165) is 19.3 Å². The maximum absolute atomic E-state index is 9.93. The van der Waals surface area contributed by atoms with Crippen LogP contribution in [-0.2, 0) is 4.79 Å². The minimum absolute atomic E-state index is 0. The number of aliphatic hydroxyl groups excluding tert-OH is 1. The molecule has 0 atom stereocenters. The fraction of sp³-hybridized carbons (Fsp3) is 0.900. The Kier molecular flexibility index (Phi) is 22.6. The summed E-state index contributed by atoms with van der Waals surface area (Å²) in [6.45, 7) is 6.21. The summed E-state index contributed by atoms with van der Waals surface area (Å²) in [7, 11) is 0. The molecule has 1 N–H and O–H groups in total. The van der Waals surface area contributed by atoms with Crippen LogP contribution in [0.15, 0.2) is 0 Å². The second kappa shape index (κ2) is 15.9. The molecule has 0 heterocycles. The molecule has 0 aromatic carbocycles. The molecular formula is C10H21NaO3. The molecule has 0 unspecified atom stereocenters. The van der Waals surface area contributed by atoms with Crippen molar-refractivity contribution in [3.05, 3.63) is 0 Å². The van der Waals surface area contributed by atoms with Gasteiger partial charge in [0.15, 0.2) is 0 Å². The van der Waals surface area contributed by atoms with E-state index in [0.29, 0.717) is 5.92 Å². The van der Waals surface area contributed by atoms with Crippen LogP contribution < -0.4 is 34.7 Å². The van der Waals surface area contributed by atoms with Gasteiger partial charge in [-0.2, -0.15) is 0 Å². The van der Waals surface area contributed by atoms with Crippen LogP contribution in [-0.4, -0.2) is 17.7 Å². The summed E-state index contributed by atoms with van der Waals surface area (Å²) in [6, 6.07) is 0. The third kappa shape index (κ3) is 29.4. The van der Waals surface area contributed by atoms with Crippen LogP contribution in [0.25, 0.3) is 0 Å². The van der Waals surface area contributed by atoms with Gasteiger partial charge >= 0.3 is 29.6 Å². The molecule has 0 bridgehead atoms. The quantitative estimate of drug-likeness (QED) is 0.422. The molecule has 0 saturated heterocycles. The minimum Gasteiger partial charge on any atom is -0.550 e. The number of carboxylic acid groups (broad SMARTS) is 1. The SMILES string of the molecule is CC(C)CCCCC(=O)[O-].CCO.[Na+]. The first-order valence-electron chi connectivity index (χ1n) is 4.85. The van der Waals surface area contributed by atoms with Crippen molar-refractivity contribution in [2.75, 3.05) is 6.61 Å². The molecule has 0 rings (SSSR count). The van der Waals surface area contributed by atoms with Crippen LogP contribution in [0.4, 0.5) is 0 Å². The van der Waals surface area contributed by atoms with E-state index in [4.69, 9.17) is 5.11 Å². The zero-order chi connectivity index (χ0) is 10.7. The Hall–Kier alpha value is 0.430. The van der Waals surface area contributed by atoms with E-state index < -0.39 is 5.97 Å². The van der Waals surface area contributed by atoms with Gasteiger partial charge in [0.05, 0.1) is 0 Å². The average Bonchev–Trinajstić information content (AvgIpc) is 1.99. The topological polar surface area (TPSA) is 60.4 Å². The molecule has 80 valence electrons. The predicted octanol–water partition coefficient (Wildman–Crippen LogP) is -2.04. The van der Waals surface area contributed by atoms with Crippen LogP contribution in [0, 0.1) is 5.92 Å². The van der Waals surface area contributed by atoms with Gasteiger partial charge in [-0.1, -0.05) is 26.7 Å². The molecule has 0 aliphatic heterocycles. The number of hydrogen-bond acceptors (Lipinski definition) is 3. The van der Waals surface area contributed by atoms with Gasteiger partial charge in [0.25, 0.3) is 0 Å². The van der Waals surface area contributed by atoms with Crippen LogP contribution in [0.5, 0.6) is 0 Å². The van der Waals surface area contributed by atoms with Gasteiger partial charge < -0.3 is 15.0 Å². The van der Waals surface area contributed by atoms with E-state index in [9.17, 15) is 9.90 Å². The van der Waals surface area contributed by atoms with Gasteiger partial charge in [-0.15, -0.1) is 0 Å². The van der Waals surface area contributed by atoms with E-state index in [2.05, 4.69) is 13.8 Å². The first-order valence-corrected chi connectivity index (χ1v) is 4.85. The number of carbonyl (C=O) groups is 1. The normalized spacial score (nSPS) is 8.64. The number of carbonyl (C=O) groups excluding carboxylic acids is 1. The predicted molar refractivity (Wildman–Crippen MR) is 51.1 cm³/mol. The zero-order valence-electron chi connectivity index (χ0n) is 9.88. The summed E-state index contributed by atoms with van der Waals surface area (Å²) in [5.41, 5.74) is 0. The van der Waals surface area contributed by atoms with Crippen LogP contribution in [0.2, 0.25) is 0 Å². The van der Waals surface area contributed by atoms with E-state index in [1.54, 1.807) is 6.92 Å². The molecule has 0 amide bonds. The molecule has 3 nitrogen and oxygen atoms in total. The molecule has 0 radical (unpaired) electrons. The van der Waals surface area contributed by atoms with Gasteiger partial charge in [-0.05, 0) is 25.7 Å². The van der Waals surface area contributed by atoms with Crippen LogP contribution >= 0.6 is 0 Å². The fourth-order valence-electron chi connectivity index (χ4n) is 0.822. The average molecular weight is 212 g/mol. The number of aliphatic carboxylic acids is 1. The van der Waals surface area contributed by atoms with Gasteiger partial charge in [0.2, 0.25) is 0 Å². The van der Waals surface area contributed by atoms with E-state index in [1.165, 1.54) is 0 Å². The van der Waals surface area contributed by atoms with Crippen molar-refractivity contribution >= 4 is 5.97 Å². The Morgan fingerprint density at radius 2 is 1.79 bits per heavy atom. The monoisotopic (exact) mass is 212 g/mol.